The van der Waals surface area contributed by atoms with Gasteiger partial charge < -0.3 is 0 Å². The first kappa shape index (κ1) is 15.7. The molecule has 1 heterocycles. The number of rotatable bonds is 5. The van der Waals surface area contributed by atoms with Crippen LogP contribution in [0.3, 0.4) is 0 Å². The van der Waals surface area contributed by atoms with Crippen molar-refractivity contribution in [2.45, 2.75) is 75.4 Å². The Kier molecular flexibility index (Phi) is 5.49. The summed E-state index contributed by atoms with van der Waals surface area (Å²) < 4.78 is 2.08. The monoisotopic (exact) mass is 326 g/mol. The minimum Gasteiger partial charge on any atom is -0.217 e. The summed E-state index contributed by atoms with van der Waals surface area (Å²) in [5.41, 5.74) is 0.386. The van der Waals surface area contributed by atoms with Crippen LogP contribution in [0.1, 0.15) is 70.3 Å². The van der Waals surface area contributed by atoms with Crippen molar-refractivity contribution in [1.29, 1.82) is 0 Å². The molecule has 0 unspecified atom stereocenters. The molecule has 118 valence electrons. The van der Waals surface area contributed by atoms with Gasteiger partial charge in [0.2, 0.25) is 5.16 Å². The van der Waals surface area contributed by atoms with Gasteiger partial charge in [-0.05, 0) is 47.3 Å². The molecule has 2 aliphatic rings. The zero-order valence-electron chi connectivity index (χ0n) is 12.7. The van der Waals surface area contributed by atoms with Crippen LogP contribution in [0.2, 0.25) is 0 Å². The maximum Gasteiger partial charge on any atom is 0.209 e. The second-order valence-corrected chi connectivity index (χ2v) is 7.96. The Morgan fingerprint density at radius 3 is 2.48 bits per heavy atom. The van der Waals surface area contributed by atoms with Gasteiger partial charge in [-0.3, -0.25) is 0 Å². The van der Waals surface area contributed by atoms with E-state index < -0.39 is 0 Å². The maximum atomic E-state index is 4.67. The molecule has 2 aliphatic carbocycles. The summed E-state index contributed by atoms with van der Waals surface area (Å²) in [6.45, 7) is 0. The molecule has 0 spiro atoms. The quantitative estimate of drug-likeness (QED) is 0.501. The highest BCUT2D eigenvalue weighted by molar-refractivity contribution is 7.99. The minimum atomic E-state index is 0.386. The molecule has 4 nitrogen and oxygen atoms in total. The largest absolute Gasteiger partial charge is 0.217 e. The first-order valence-corrected chi connectivity index (χ1v) is 9.96. The first-order valence-electron chi connectivity index (χ1n) is 8.35. The van der Waals surface area contributed by atoms with Gasteiger partial charge in [0.25, 0.3) is 0 Å². The van der Waals surface area contributed by atoms with Crippen molar-refractivity contribution < 1.29 is 0 Å². The van der Waals surface area contributed by atoms with Crippen LogP contribution < -0.4 is 0 Å². The van der Waals surface area contributed by atoms with E-state index in [9.17, 15) is 0 Å². The normalized spacial score (nSPS) is 23.3. The van der Waals surface area contributed by atoms with E-state index in [-0.39, 0.29) is 0 Å². The van der Waals surface area contributed by atoms with E-state index in [1.165, 1.54) is 64.2 Å². The molecule has 0 radical (unpaired) electrons. The number of aromatic nitrogens is 4. The molecule has 3 rings (SSSR count). The minimum absolute atomic E-state index is 0.386. The fourth-order valence-electron chi connectivity index (χ4n) is 3.70. The Morgan fingerprint density at radius 1 is 1.10 bits per heavy atom. The van der Waals surface area contributed by atoms with Crippen LogP contribution in [-0.2, 0) is 0 Å². The molecular weight excluding hydrogens is 300 g/mol. The van der Waals surface area contributed by atoms with E-state index in [4.69, 9.17) is 0 Å². The Bertz CT molecular complexity index is 435. The number of nitrogens with zero attached hydrogens (tertiary/aromatic N) is 4. The molecule has 0 saturated heterocycles. The number of hydrogen-bond acceptors (Lipinski definition) is 5. The van der Waals surface area contributed by atoms with Crippen molar-refractivity contribution in [2.24, 2.45) is 5.41 Å². The Morgan fingerprint density at radius 2 is 1.81 bits per heavy atom. The van der Waals surface area contributed by atoms with Gasteiger partial charge in [-0.1, -0.05) is 50.3 Å². The van der Waals surface area contributed by atoms with Crippen molar-refractivity contribution in [1.82, 2.24) is 20.2 Å². The molecule has 6 heteroatoms. The fourth-order valence-corrected chi connectivity index (χ4v) is 5.52. The van der Waals surface area contributed by atoms with Gasteiger partial charge in [0.15, 0.2) is 0 Å². The molecule has 0 bridgehead atoms. The third-order valence-corrected chi connectivity index (χ3v) is 7.09. The maximum absolute atomic E-state index is 4.67. The van der Waals surface area contributed by atoms with Gasteiger partial charge in [-0.15, -0.1) is 5.10 Å². The van der Waals surface area contributed by atoms with Gasteiger partial charge in [0.1, 0.15) is 0 Å². The summed E-state index contributed by atoms with van der Waals surface area (Å²) in [4.78, 5) is 0. The molecule has 0 atom stereocenters. The molecule has 2 saturated carbocycles. The summed E-state index contributed by atoms with van der Waals surface area (Å²) in [5, 5.41) is 13.5. The third kappa shape index (κ3) is 3.76. The van der Waals surface area contributed by atoms with Gasteiger partial charge in [-0.2, -0.15) is 12.6 Å². The summed E-state index contributed by atoms with van der Waals surface area (Å²) >= 11 is 6.53. The van der Waals surface area contributed by atoms with E-state index in [2.05, 4.69) is 32.8 Å². The summed E-state index contributed by atoms with van der Waals surface area (Å²) in [7, 11) is 0. The highest BCUT2D eigenvalue weighted by Gasteiger charge is 2.31. The van der Waals surface area contributed by atoms with E-state index in [1.54, 1.807) is 0 Å². The smallest absolute Gasteiger partial charge is 0.209 e. The number of thioether (sulfide) groups is 1. The first-order chi connectivity index (χ1) is 10.3. The number of tetrazole rings is 1. The van der Waals surface area contributed by atoms with Crippen LogP contribution in [-0.4, -0.2) is 31.7 Å². The average molecular weight is 327 g/mol. The summed E-state index contributed by atoms with van der Waals surface area (Å²) in [6.07, 6.45) is 13.2. The molecule has 0 aromatic carbocycles. The highest BCUT2D eigenvalue weighted by atomic mass is 32.2. The van der Waals surface area contributed by atoms with Crippen LogP contribution in [0.25, 0.3) is 0 Å². The molecule has 2 fully saturated rings. The van der Waals surface area contributed by atoms with Crippen molar-refractivity contribution >= 4 is 24.4 Å². The van der Waals surface area contributed by atoms with Gasteiger partial charge in [-0.25, -0.2) is 4.68 Å². The summed E-state index contributed by atoms with van der Waals surface area (Å²) in [6, 6.07) is 0.531. The van der Waals surface area contributed by atoms with Crippen LogP contribution in [0.15, 0.2) is 5.16 Å². The molecule has 0 aliphatic heterocycles. The fraction of sp³-hybridized carbons (Fsp3) is 0.933. The van der Waals surface area contributed by atoms with Gasteiger partial charge in [0, 0.05) is 5.75 Å². The molecule has 21 heavy (non-hydrogen) atoms. The molecule has 0 amide bonds. The molecular formula is C15H26N4S2. The van der Waals surface area contributed by atoms with Gasteiger partial charge in [0.05, 0.1) is 6.04 Å². The average Bonchev–Trinajstić information content (AvgIpc) is 3.13. The van der Waals surface area contributed by atoms with Crippen molar-refractivity contribution in [3.8, 4) is 0 Å². The Hall–Kier alpha value is -0.230. The standard InChI is InChI=1S/C15H26N4S2/c20-11-15(9-5-1-2-6-10-15)12-21-14-16-17-18-19(14)13-7-3-4-8-13/h13,20H,1-12H2. The Balaban J connectivity index is 1.64. The van der Waals surface area contributed by atoms with Crippen molar-refractivity contribution in [3.05, 3.63) is 0 Å². The summed E-state index contributed by atoms with van der Waals surface area (Å²) in [5.74, 6) is 2.11. The lowest BCUT2D eigenvalue weighted by Gasteiger charge is -2.30. The second kappa shape index (κ2) is 7.36. The zero-order chi connectivity index (χ0) is 14.5. The lowest BCUT2D eigenvalue weighted by atomic mass is 9.84. The van der Waals surface area contributed by atoms with Crippen LogP contribution in [0.4, 0.5) is 0 Å². The number of thiol groups is 1. The predicted molar refractivity (Wildman–Crippen MR) is 90.0 cm³/mol. The van der Waals surface area contributed by atoms with Crippen molar-refractivity contribution in [3.63, 3.8) is 0 Å². The topological polar surface area (TPSA) is 43.6 Å². The zero-order valence-corrected chi connectivity index (χ0v) is 14.4. The molecule has 1 aromatic heterocycles. The van der Waals surface area contributed by atoms with E-state index >= 15 is 0 Å². The lowest BCUT2D eigenvalue weighted by Crippen LogP contribution is -2.25. The van der Waals surface area contributed by atoms with Gasteiger partial charge >= 0.3 is 0 Å². The SMILES string of the molecule is SCC1(CSc2nnnn2C2CCCC2)CCCCCC1. The van der Waals surface area contributed by atoms with E-state index in [0.717, 1.165) is 16.7 Å². The molecule has 0 N–H and O–H groups in total. The highest BCUT2D eigenvalue weighted by Crippen LogP contribution is 2.41. The third-order valence-electron chi connectivity index (χ3n) is 5.14. The molecule has 1 aromatic rings. The van der Waals surface area contributed by atoms with Crippen LogP contribution in [0.5, 0.6) is 0 Å². The number of hydrogen-bond donors (Lipinski definition) is 1. The van der Waals surface area contributed by atoms with Crippen LogP contribution in [0, 0.1) is 5.41 Å². The van der Waals surface area contributed by atoms with Crippen molar-refractivity contribution in [2.75, 3.05) is 11.5 Å². The van der Waals surface area contributed by atoms with Crippen LogP contribution >= 0.6 is 24.4 Å². The van der Waals surface area contributed by atoms with E-state index in [1.807, 2.05) is 11.8 Å². The lowest BCUT2D eigenvalue weighted by molar-refractivity contribution is 0.331. The predicted octanol–water partition coefficient (Wildman–Crippen LogP) is 4.15. The second-order valence-electron chi connectivity index (χ2n) is 6.71. The van der Waals surface area contributed by atoms with E-state index in [0.29, 0.717) is 11.5 Å². The Labute approximate surface area is 137 Å².